The van der Waals surface area contributed by atoms with Gasteiger partial charge in [-0.2, -0.15) is 4.98 Å². The number of hydrogen-bond donors (Lipinski definition) is 2. The van der Waals surface area contributed by atoms with E-state index in [1.165, 1.54) is 24.3 Å². The maximum Gasteiger partial charge on any atom is 0.255 e. The van der Waals surface area contributed by atoms with E-state index >= 15 is 0 Å². The summed E-state index contributed by atoms with van der Waals surface area (Å²) in [5.41, 5.74) is 4.05. The highest BCUT2D eigenvalue weighted by atomic mass is 19.1. The van der Waals surface area contributed by atoms with Crippen LogP contribution in [0, 0.1) is 5.82 Å². The van der Waals surface area contributed by atoms with Crippen LogP contribution in [0.1, 0.15) is 28.4 Å². The Bertz CT molecular complexity index is 1330. The number of fused-ring (bicyclic) bond motifs is 1. The van der Waals surface area contributed by atoms with Crippen molar-refractivity contribution in [2.24, 2.45) is 0 Å². The van der Waals surface area contributed by atoms with E-state index in [9.17, 15) is 9.18 Å². The van der Waals surface area contributed by atoms with Crippen LogP contribution in [0.3, 0.4) is 0 Å². The number of halogens is 1. The van der Waals surface area contributed by atoms with Crippen LogP contribution in [0.5, 0.6) is 0 Å². The molecule has 0 spiro atoms. The number of aromatic nitrogens is 2. The highest BCUT2D eigenvalue weighted by Gasteiger charge is 2.10. The number of hydrogen-bond acceptors (Lipinski definition) is 5. The Hall–Kier alpha value is -4.26. The van der Waals surface area contributed by atoms with E-state index in [1.807, 2.05) is 80.5 Å². The largest absolute Gasteiger partial charge is 0.365 e. The number of anilines is 3. The fraction of sp³-hybridized carbons (Fsp3) is 0.148. The molecule has 0 atom stereocenters. The first kappa shape index (κ1) is 22.9. The molecule has 4 rings (SSSR count). The molecule has 0 bridgehead atoms. The van der Waals surface area contributed by atoms with Gasteiger partial charge >= 0.3 is 0 Å². The zero-order chi connectivity index (χ0) is 24.1. The Balaban J connectivity index is 1.49. The number of benzene rings is 3. The van der Waals surface area contributed by atoms with E-state index in [-0.39, 0.29) is 11.7 Å². The number of allylic oxidation sites excluding steroid dienone is 1. The zero-order valence-electron chi connectivity index (χ0n) is 19.3. The molecule has 7 heteroatoms. The predicted octanol–water partition coefficient (Wildman–Crippen LogP) is 5.73. The number of carbonyl (C=O) groups is 1. The van der Waals surface area contributed by atoms with Crippen molar-refractivity contribution in [3.63, 3.8) is 0 Å². The Morgan fingerprint density at radius 1 is 1.00 bits per heavy atom. The van der Waals surface area contributed by atoms with Crippen molar-refractivity contribution in [3.05, 3.63) is 95.3 Å². The molecule has 172 valence electrons. The van der Waals surface area contributed by atoms with Gasteiger partial charge in [-0.05, 0) is 66.6 Å². The minimum Gasteiger partial charge on any atom is -0.365 e. The van der Waals surface area contributed by atoms with Gasteiger partial charge in [0, 0.05) is 37.3 Å². The summed E-state index contributed by atoms with van der Waals surface area (Å²) in [6.07, 6.45) is 4.04. The van der Waals surface area contributed by atoms with Crippen LogP contribution >= 0.6 is 0 Å². The van der Waals surface area contributed by atoms with E-state index in [2.05, 4.69) is 20.6 Å². The third kappa shape index (κ3) is 5.38. The number of rotatable bonds is 7. The molecule has 34 heavy (non-hydrogen) atoms. The number of amides is 1. The van der Waals surface area contributed by atoms with Crippen molar-refractivity contribution < 1.29 is 9.18 Å². The van der Waals surface area contributed by atoms with Gasteiger partial charge in [-0.1, -0.05) is 30.4 Å². The van der Waals surface area contributed by atoms with Gasteiger partial charge in [-0.15, -0.1) is 0 Å². The van der Waals surface area contributed by atoms with Crippen molar-refractivity contribution in [3.8, 4) is 0 Å². The fourth-order valence-electron chi connectivity index (χ4n) is 3.46. The quantitative estimate of drug-likeness (QED) is 0.372. The lowest BCUT2D eigenvalue weighted by atomic mass is 10.1. The van der Waals surface area contributed by atoms with Gasteiger partial charge in [0.05, 0.1) is 5.52 Å². The molecule has 1 amide bonds. The first-order valence-electron chi connectivity index (χ1n) is 10.9. The number of nitrogens with zero attached hydrogens (tertiary/aromatic N) is 3. The van der Waals surface area contributed by atoms with Crippen molar-refractivity contribution in [2.75, 3.05) is 29.6 Å². The van der Waals surface area contributed by atoms with E-state index in [1.54, 1.807) is 0 Å². The summed E-state index contributed by atoms with van der Waals surface area (Å²) in [5.74, 6) is 0.730. The first-order valence-corrected chi connectivity index (χ1v) is 10.9. The molecular weight excluding hydrogens is 429 g/mol. The lowest BCUT2D eigenvalue weighted by Gasteiger charge is -2.15. The summed E-state index contributed by atoms with van der Waals surface area (Å²) in [6, 6.07) is 19.1. The SMILES string of the molecule is CC=Cc1ccc2c(NCc3ccc(NC(=O)c4ccc(F)cc4)cc3)nc(N(C)C)nc2c1. The maximum atomic E-state index is 13.1. The van der Waals surface area contributed by atoms with Crippen LogP contribution in [-0.4, -0.2) is 30.0 Å². The normalized spacial score (nSPS) is 11.1. The van der Waals surface area contributed by atoms with Crippen LogP contribution in [0.2, 0.25) is 0 Å². The molecule has 6 nitrogen and oxygen atoms in total. The fourth-order valence-corrected chi connectivity index (χ4v) is 3.46. The molecule has 0 fully saturated rings. The maximum absolute atomic E-state index is 13.1. The van der Waals surface area contributed by atoms with Crippen molar-refractivity contribution in [1.29, 1.82) is 0 Å². The van der Waals surface area contributed by atoms with Crippen molar-refractivity contribution in [1.82, 2.24) is 9.97 Å². The van der Waals surface area contributed by atoms with Gasteiger partial charge in [0.25, 0.3) is 5.91 Å². The van der Waals surface area contributed by atoms with E-state index in [0.29, 0.717) is 23.7 Å². The lowest BCUT2D eigenvalue weighted by Crippen LogP contribution is -2.14. The van der Waals surface area contributed by atoms with Gasteiger partial charge in [0.1, 0.15) is 11.6 Å². The summed E-state index contributed by atoms with van der Waals surface area (Å²) in [7, 11) is 3.83. The molecule has 4 aromatic rings. The van der Waals surface area contributed by atoms with Gasteiger partial charge in [-0.25, -0.2) is 9.37 Å². The Kier molecular flexibility index (Phi) is 6.82. The average Bonchev–Trinajstić information content (AvgIpc) is 2.83. The average molecular weight is 456 g/mol. The number of nitrogens with one attached hydrogen (secondary N) is 2. The molecule has 0 saturated carbocycles. The molecule has 2 N–H and O–H groups in total. The third-order valence-electron chi connectivity index (χ3n) is 5.25. The Labute approximate surface area is 198 Å². The van der Waals surface area contributed by atoms with Crippen LogP contribution in [-0.2, 0) is 6.54 Å². The molecular formula is C27H26FN5O. The third-order valence-corrected chi connectivity index (χ3v) is 5.25. The van der Waals surface area contributed by atoms with Gasteiger partial charge in [0.2, 0.25) is 5.95 Å². The van der Waals surface area contributed by atoms with E-state index in [4.69, 9.17) is 0 Å². The molecule has 0 aliphatic rings. The van der Waals surface area contributed by atoms with Crippen molar-refractivity contribution >= 4 is 40.3 Å². The highest BCUT2D eigenvalue weighted by molar-refractivity contribution is 6.04. The van der Waals surface area contributed by atoms with Gasteiger partial charge < -0.3 is 15.5 Å². The summed E-state index contributed by atoms with van der Waals surface area (Å²) in [5, 5.41) is 7.19. The second-order valence-corrected chi connectivity index (χ2v) is 8.05. The van der Waals surface area contributed by atoms with Crippen LogP contribution < -0.4 is 15.5 Å². The first-order chi connectivity index (χ1) is 16.4. The Morgan fingerprint density at radius 2 is 1.74 bits per heavy atom. The van der Waals surface area contributed by atoms with Crippen LogP contribution in [0.15, 0.2) is 72.8 Å². The monoisotopic (exact) mass is 455 g/mol. The highest BCUT2D eigenvalue weighted by Crippen LogP contribution is 2.25. The van der Waals surface area contributed by atoms with E-state index < -0.39 is 0 Å². The Morgan fingerprint density at radius 3 is 2.41 bits per heavy atom. The molecule has 1 aromatic heterocycles. The van der Waals surface area contributed by atoms with E-state index in [0.717, 1.165) is 27.8 Å². The second-order valence-electron chi connectivity index (χ2n) is 8.05. The molecule has 0 unspecified atom stereocenters. The molecule has 1 heterocycles. The summed E-state index contributed by atoms with van der Waals surface area (Å²) in [6.45, 7) is 2.55. The minimum atomic E-state index is -0.374. The van der Waals surface area contributed by atoms with Crippen LogP contribution in [0.25, 0.3) is 17.0 Å². The molecule has 0 radical (unpaired) electrons. The summed E-state index contributed by atoms with van der Waals surface area (Å²) in [4.78, 5) is 23.6. The van der Waals surface area contributed by atoms with Crippen LogP contribution in [0.4, 0.5) is 21.8 Å². The standard InChI is InChI=1S/C27H26FN5O/c1-4-5-18-8-15-23-24(16-18)31-27(33(2)3)32-25(23)29-17-19-6-13-22(14-7-19)30-26(34)20-9-11-21(28)12-10-20/h4-16H,17H2,1-3H3,(H,30,34)(H,29,31,32). The molecule has 0 aliphatic carbocycles. The van der Waals surface area contributed by atoms with Gasteiger partial charge in [-0.3, -0.25) is 4.79 Å². The predicted molar refractivity (Wildman–Crippen MR) is 137 cm³/mol. The molecule has 0 saturated heterocycles. The topological polar surface area (TPSA) is 70.2 Å². The second kappa shape index (κ2) is 10.1. The van der Waals surface area contributed by atoms with Crippen molar-refractivity contribution in [2.45, 2.75) is 13.5 Å². The minimum absolute atomic E-state index is 0.285. The summed E-state index contributed by atoms with van der Waals surface area (Å²) >= 11 is 0. The zero-order valence-corrected chi connectivity index (χ0v) is 19.3. The lowest BCUT2D eigenvalue weighted by molar-refractivity contribution is 0.102. The smallest absolute Gasteiger partial charge is 0.255 e. The number of carbonyl (C=O) groups excluding carboxylic acids is 1. The molecule has 3 aromatic carbocycles. The molecule has 0 aliphatic heterocycles. The van der Waals surface area contributed by atoms with Gasteiger partial charge in [0.15, 0.2) is 0 Å². The summed E-state index contributed by atoms with van der Waals surface area (Å²) < 4.78 is 13.1.